The van der Waals surface area contributed by atoms with Crippen LogP contribution in [-0.4, -0.2) is 32.6 Å². The molecule has 2 rings (SSSR count). The normalized spacial score (nSPS) is 14.8. The molecule has 1 unspecified atom stereocenters. The van der Waals surface area contributed by atoms with Crippen LogP contribution >= 0.6 is 0 Å². The fraction of sp³-hybridized carbons (Fsp3) is 0.615. The van der Waals surface area contributed by atoms with Gasteiger partial charge in [0.05, 0.1) is 24.5 Å². The SMILES string of the molecule is Cc1c(-c2nc(C(C)(N)COC(C)C)no2)cnn1C. The van der Waals surface area contributed by atoms with Crippen molar-refractivity contribution in [3.8, 4) is 11.5 Å². The molecule has 0 aromatic carbocycles. The molecule has 2 heterocycles. The van der Waals surface area contributed by atoms with Crippen LogP contribution < -0.4 is 5.73 Å². The molecule has 0 amide bonds. The summed E-state index contributed by atoms with van der Waals surface area (Å²) in [6.07, 6.45) is 1.80. The van der Waals surface area contributed by atoms with Gasteiger partial charge < -0.3 is 15.0 Å². The second-order valence-electron chi connectivity index (χ2n) is 5.47. The molecule has 2 aromatic rings. The number of aryl methyl sites for hydroxylation is 1. The van der Waals surface area contributed by atoms with Crippen molar-refractivity contribution in [3.05, 3.63) is 17.7 Å². The van der Waals surface area contributed by atoms with E-state index in [1.165, 1.54) is 0 Å². The Hall–Kier alpha value is -1.73. The minimum atomic E-state index is -0.790. The summed E-state index contributed by atoms with van der Waals surface area (Å²) in [5.74, 6) is 0.850. The standard InChI is InChI=1S/C13H21N5O2/c1-8(2)19-7-13(4,14)12-16-11(20-17-12)10-6-15-18(5)9(10)3/h6,8H,7,14H2,1-5H3. The largest absolute Gasteiger partial charge is 0.376 e. The van der Waals surface area contributed by atoms with E-state index in [-0.39, 0.29) is 6.10 Å². The van der Waals surface area contributed by atoms with E-state index in [0.29, 0.717) is 18.3 Å². The lowest BCUT2D eigenvalue weighted by Crippen LogP contribution is -2.40. The summed E-state index contributed by atoms with van der Waals surface area (Å²) in [6.45, 7) is 8.00. The van der Waals surface area contributed by atoms with Crippen molar-refractivity contribution in [3.63, 3.8) is 0 Å². The molecule has 2 N–H and O–H groups in total. The van der Waals surface area contributed by atoms with Gasteiger partial charge in [-0.25, -0.2) is 0 Å². The molecule has 20 heavy (non-hydrogen) atoms. The summed E-state index contributed by atoms with van der Waals surface area (Å²) in [5.41, 5.74) is 7.17. The van der Waals surface area contributed by atoms with Crippen LogP contribution in [0.1, 0.15) is 32.3 Å². The summed E-state index contributed by atoms with van der Waals surface area (Å²) in [5, 5.41) is 8.12. The highest BCUT2D eigenvalue weighted by molar-refractivity contribution is 5.54. The highest BCUT2D eigenvalue weighted by atomic mass is 16.5. The summed E-state index contributed by atoms with van der Waals surface area (Å²) < 4.78 is 12.6. The predicted molar refractivity (Wildman–Crippen MR) is 73.9 cm³/mol. The first-order chi connectivity index (χ1) is 9.31. The Bertz CT molecular complexity index is 585. The van der Waals surface area contributed by atoms with Gasteiger partial charge in [0.15, 0.2) is 5.82 Å². The molecule has 7 nitrogen and oxygen atoms in total. The maximum Gasteiger partial charge on any atom is 0.261 e. The average Bonchev–Trinajstić information content (AvgIpc) is 2.96. The van der Waals surface area contributed by atoms with Crippen molar-refractivity contribution < 1.29 is 9.26 Å². The van der Waals surface area contributed by atoms with E-state index in [9.17, 15) is 0 Å². The van der Waals surface area contributed by atoms with Gasteiger partial charge in [-0.05, 0) is 27.7 Å². The molecule has 0 saturated carbocycles. The molecule has 110 valence electrons. The van der Waals surface area contributed by atoms with E-state index in [4.69, 9.17) is 15.0 Å². The third-order valence-corrected chi connectivity index (χ3v) is 3.12. The zero-order chi connectivity index (χ0) is 14.9. The molecule has 2 aromatic heterocycles. The number of hydrogen-bond acceptors (Lipinski definition) is 6. The van der Waals surface area contributed by atoms with Gasteiger partial charge in [-0.3, -0.25) is 4.68 Å². The first-order valence-corrected chi connectivity index (χ1v) is 6.55. The molecule has 0 aliphatic carbocycles. The van der Waals surface area contributed by atoms with Crippen molar-refractivity contribution >= 4 is 0 Å². The molecule has 0 saturated heterocycles. The molecule has 0 bridgehead atoms. The monoisotopic (exact) mass is 279 g/mol. The fourth-order valence-corrected chi connectivity index (χ4v) is 1.68. The number of hydrogen-bond donors (Lipinski definition) is 1. The number of aromatic nitrogens is 4. The molecular weight excluding hydrogens is 258 g/mol. The van der Waals surface area contributed by atoms with Gasteiger partial charge in [0.25, 0.3) is 5.89 Å². The summed E-state index contributed by atoms with van der Waals surface area (Å²) in [4.78, 5) is 4.37. The third kappa shape index (κ3) is 2.88. The first kappa shape index (κ1) is 14.7. The third-order valence-electron chi connectivity index (χ3n) is 3.12. The smallest absolute Gasteiger partial charge is 0.261 e. The Morgan fingerprint density at radius 3 is 2.75 bits per heavy atom. The zero-order valence-electron chi connectivity index (χ0n) is 12.5. The lowest BCUT2D eigenvalue weighted by atomic mass is 10.1. The summed E-state index contributed by atoms with van der Waals surface area (Å²) in [6, 6.07) is 0. The van der Waals surface area contributed by atoms with E-state index >= 15 is 0 Å². The van der Waals surface area contributed by atoms with E-state index in [2.05, 4.69) is 15.2 Å². The predicted octanol–water partition coefficient (Wildman–Crippen LogP) is 1.38. The molecular formula is C13H21N5O2. The molecule has 0 aliphatic rings. The Kier molecular flexibility index (Phi) is 3.92. The van der Waals surface area contributed by atoms with Crippen LogP contribution in [0.2, 0.25) is 0 Å². The molecule has 0 fully saturated rings. The molecule has 0 aliphatic heterocycles. The van der Waals surface area contributed by atoms with Gasteiger partial charge >= 0.3 is 0 Å². The highest BCUT2D eigenvalue weighted by Gasteiger charge is 2.29. The van der Waals surface area contributed by atoms with Crippen LogP contribution in [0.3, 0.4) is 0 Å². The fourth-order valence-electron chi connectivity index (χ4n) is 1.68. The number of nitrogens with zero attached hydrogens (tertiary/aromatic N) is 4. The second-order valence-corrected chi connectivity index (χ2v) is 5.47. The van der Waals surface area contributed by atoms with Crippen molar-refractivity contribution in [1.82, 2.24) is 19.9 Å². The van der Waals surface area contributed by atoms with Gasteiger partial charge in [-0.15, -0.1) is 0 Å². The Morgan fingerprint density at radius 2 is 2.20 bits per heavy atom. The van der Waals surface area contributed by atoms with Gasteiger partial charge in [0.1, 0.15) is 5.54 Å². The van der Waals surface area contributed by atoms with Crippen LogP contribution in [0, 0.1) is 6.92 Å². The number of ether oxygens (including phenoxy) is 1. The van der Waals surface area contributed by atoms with Crippen LogP contribution in [0.15, 0.2) is 10.7 Å². The molecule has 0 radical (unpaired) electrons. The van der Waals surface area contributed by atoms with Crippen molar-refractivity contribution in [2.24, 2.45) is 12.8 Å². The van der Waals surface area contributed by atoms with Crippen molar-refractivity contribution in [2.75, 3.05) is 6.61 Å². The topological polar surface area (TPSA) is 92.0 Å². The lowest BCUT2D eigenvalue weighted by Gasteiger charge is -2.21. The van der Waals surface area contributed by atoms with Gasteiger partial charge in [-0.2, -0.15) is 10.1 Å². The summed E-state index contributed by atoms with van der Waals surface area (Å²) >= 11 is 0. The van der Waals surface area contributed by atoms with E-state index < -0.39 is 5.54 Å². The number of rotatable bonds is 5. The van der Waals surface area contributed by atoms with E-state index in [1.54, 1.807) is 10.9 Å². The van der Waals surface area contributed by atoms with Gasteiger partial charge in [0.2, 0.25) is 0 Å². The minimum Gasteiger partial charge on any atom is -0.376 e. The van der Waals surface area contributed by atoms with Gasteiger partial charge in [0, 0.05) is 12.7 Å². The highest BCUT2D eigenvalue weighted by Crippen LogP contribution is 2.23. The van der Waals surface area contributed by atoms with E-state index in [1.807, 2.05) is 34.7 Å². The zero-order valence-corrected chi connectivity index (χ0v) is 12.5. The maximum absolute atomic E-state index is 6.19. The van der Waals surface area contributed by atoms with E-state index in [0.717, 1.165) is 11.3 Å². The van der Waals surface area contributed by atoms with Gasteiger partial charge in [-0.1, -0.05) is 5.16 Å². The maximum atomic E-state index is 6.19. The van der Waals surface area contributed by atoms with Crippen LogP contribution in [0.25, 0.3) is 11.5 Å². The van der Waals surface area contributed by atoms with Crippen LogP contribution in [-0.2, 0) is 17.3 Å². The van der Waals surface area contributed by atoms with Crippen LogP contribution in [0.5, 0.6) is 0 Å². The van der Waals surface area contributed by atoms with Crippen molar-refractivity contribution in [2.45, 2.75) is 39.3 Å². The lowest BCUT2D eigenvalue weighted by molar-refractivity contribution is 0.0410. The minimum absolute atomic E-state index is 0.102. The number of nitrogens with two attached hydrogens (primary N) is 1. The Morgan fingerprint density at radius 1 is 1.50 bits per heavy atom. The Balaban J connectivity index is 2.22. The van der Waals surface area contributed by atoms with Crippen molar-refractivity contribution in [1.29, 1.82) is 0 Å². The first-order valence-electron chi connectivity index (χ1n) is 6.55. The molecule has 0 spiro atoms. The molecule has 1 atom stereocenters. The average molecular weight is 279 g/mol. The second kappa shape index (κ2) is 5.34. The van der Waals surface area contributed by atoms with Crippen LogP contribution in [0.4, 0.5) is 0 Å². The quantitative estimate of drug-likeness (QED) is 0.888. The summed E-state index contributed by atoms with van der Waals surface area (Å²) in [7, 11) is 1.86. The molecule has 7 heteroatoms. The Labute approximate surface area is 118 Å².